The molecule has 0 spiro atoms. The van der Waals surface area contributed by atoms with E-state index >= 15 is 0 Å². The zero-order chi connectivity index (χ0) is 14.9. The molecule has 1 fully saturated rings. The summed E-state index contributed by atoms with van der Waals surface area (Å²) in [4.78, 5) is 4.45. The lowest BCUT2D eigenvalue weighted by Crippen LogP contribution is -2.36. The third-order valence-electron chi connectivity index (χ3n) is 4.10. The standard InChI is InChI=1S/C15H17ClFN3O/c1-2-15(7-4-8-18-15)14-19-12(20-21-14)9-10-5-3-6-11(16)13(10)17/h3,5-6,18H,2,4,7-9H2,1H3. The summed E-state index contributed by atoms with van der Waals surface area (Å²) < 4.78 is 19.3. The van der Waals surface area contributed by atoms with Crippen molar-refractivity contribution in [1.29, 1.82) is 0 Å². The second-order valence-electron chi connectivity index (χ2n) is 5.37. The third kappa shape index (κ3) is 2.68. The smallest absolute Gasteiger partial charge is 0.246 e. The molecule has 0 saturated carbocycles. The van der Waals surface area contributed by atoms with Crippen molar-refractivity contribution >= 4 is 11.6 Å². The van der Waals surface area contributed by atoms with Crippen molar-refractivity contribution in [3.8, 4) is 0 Å². The number of rotatable bonds is 4. The summed E-state index contributed by atoms with van der Waals surface area (Å²) in [5.74, 6) is 0.655. The molecule has 21 heavy (non-hydrogen) atoms. The Morgan fingerprint density at radius 1 is 1.48 bits per heavy atom. The van der Waals surface area contributed by atoms with Crippen molar-refractivity contribution in [2.75, 3.05) is 6.54 Å². The van der Waals surface area contributed by atoms with Gasteiger partial charge in [0.15, 0.2) is 5.82 Å². The average molecular weight is 310 g/mol. The Morgan fingerprint density at radius 3 is 3.05 bits per heavy atom. The van der Waals surface area contributed by atoms with Crippen LogP contribution in [0.15, 0.2) is 22.7 Å². The number of hydrogen-bond donors (Lipinski definition) is 1. The maximum absolute atomic E-state index is 13.9. The summed E-state index contributed by atoms with van der Waals surface area (Å²) in [5, 5.41) is 7.54. The van der Waals surface area contributed by atoms with Crippen molar-refractivity contribution in [2.24, 2.45) is 0 Å². The average Bonchev–Trinajstić information content (AvgIpc) is 3.13. The maximum Gasteiger partial charge on any atom is 0.246 e. The first kappa shape index (κ1) is 14.5. The van der Waals surface area contributed by atoms with Crippen molar-refractivity contribution in [3.63, 3.8) is 0 Å². The Kier molecular flexibility index (Phi) is 3.95. The van der Waals surface area contributed by atoms with Crippen molar-refractivity contribution in [2.45, 2.75) is 38.1 Å². The molecule has 1 atom stereocenters. The van der Waals surface area contributed by atoms with Crippen LogP contribution < -0.4 is 5.32 Å². The molecule has 3 rings (SSSR count). The van der Waals surface area contributed by atoms with Crippen molar-refractivity contribution in [3.05, 3.63) is 46.3 Å². The van der Waals surface area contributed by atoms with E-state index in [1.807, 2.05) is 0 Å². The molecule has 1 aromatic carbocycles. The van der Waals surface area contributed by atoms with Crippen LogP contribution >= 0.6 is 11.6 Å². The lowest BCUT2D eigenvalue weighted by molar-refractivity contribution is 0.249. The number of benzene rings is 1. The zero-order valence-electron chi connectivity index (χ0n) is 11.8. The normalized spacial score (nSPS) is 21.9. The fraction of sp³-hybridized carbons (Fsp3) is 0.467. The minimum Gasteiger partial charge on any atom is -0.337 e. The third-order valence-corrected chi connectivity index (χ3v) is 4.40. The fourth-order valence-electron chi connectivity index (χ4n) is 2.82. The van der Waals surface area contributed by atoms with Gasteiger partial charge in [0.2, 0.25) is 5.89 Å². The minimum atomic E-state index is -0.422. The first-order chi connectivity index (χ1) is 10.1. The van der Waals surface area contributed by atoms with Crippen LogP contribution in [0.5, 0.6) is 0 Å². The Morgan fingerprint density at radius 2 is 2.33 bits per heavy atom. The first-order valence-corrected chi connectivity index (χ1v) is 7.53. The van der Waals surface area contributed by atoms with Crippen molar-refractivity contribution in [1.82, 2.24) is 15.5 Å². The fourth-order valence-corrected chi connectivity index (χ4v) is 3.01. The van der Waals surface area contributed by atoms with Gasteiger partial charge in [0, 0.05) is 6.42 Å². The van der Waals surface area contributed by atoms with Gasteiger partial charge in [-0.05, 0) is 37.4 Å². The summed E-state index contributed by atoms with van der Waals surface area (Å²) >= 11 is 5.78. The van der Waals surface area contributed by atoms with Gasteiger partial charge in [0.1, 0.15) is 5.82 Å². The van der Waals surface area contributed by atoms with Gasteiger partial charge in [-0.15, -0.1) is 0 Å². The van der Waals surface area contributed by atoms with Gasteiger partial charge in [0.25, 0.3) is 0 Å². The molecule has 0 bridgehead atoms. The molecule has 1 saturated heterocycles. The van der Waals surface area contributed by atoms with E-state index in [0.717, 1.165) is 25.8 Å². The van der Waals surface area contributed by atoms with Crippen LogP contribution in [0.3, 0.4) is 0 Å². The second kappa shape index (κ2) is 5.73. The molecule has 112 valence electrons. The highest BCUT2D eigenvalue weighted by atomic mass is 35.5. The molecule has 0 amide bonds. The van der Waals surface area contributed by atoms with Crippen LogP contribution in [-0.4, -0.2) is 16.7 Å². The van der Waals surface area contributed by atoms with Crippen LogP contribution in [-0.2, 0) is 12.0 Å². The molecule has 1 aromatic heterocycles. The van der Waals surface area contributed by atoms with E-state index in [9.17, 15) is 4.39 Å². The van der Waals surface area contributed by atoms with Crippen LogP contribution in [0.4, 0.5) is 4.39 Å². The summed E-state index contributed by atoms with van der Waals surface area (Å²) in [6.07, 6.45) is 3.24. The summed E-state index contributed by atoms with van der Waals surface area (Å²) in [6.45, 7) is 3.05. The number of nitrogens with one attached hydrogen (secondary N) is 1. The molecule has 6 heteroatoms. The summed E-state index contributed by atoms with van der Waals surface area (Å²) in [5.41, 5.74) is 0.248. The molecular formula is C15H17ClFN3O. The van der Waals surface area contributed by atoms with Gasteiger partial charge in [-0.2, -0.15) is 4.98 Å². The predicted molar refractivity (Wildman–Crippen MR) is 77.7 cm³/mol. The zero-order valence-corrected chi connectivity index (χ0v) is 12.6. The van der Waals surface area contributed by atoms with Crippen molar-refractivity contribution < 1.29 is 8.91 Å². The maximum atomic E-state index is 13.9. The number of hydrogen-bond acceptors (Lipinski definition) is 4. The van der Waals surface area contributed by atoms with E-state index in [-0.39, 0.29) is 17.0 Å². The van der Waals surface area contributed by atoms with Gasteiger partial charge in [-0.3, -0.25) is 0 Å². The van der Waals surface area contributed by atoms with Crippen LogP contribution in [0.2, 0.25) is 5.02 Å². The monoisotopic (exact) mass is 309 g/mol. The lowest BCUT2D eigenvalue weighted by Gasteiger charge is -2.22. The van der Waals surface area contributed by atoms with Gasteiger partial charge >= 0.3 is 0 Å². The van der Waals surface area contributed by atoms with Gasteiger partial charge < -0.3 is 9.84 Å². The first-order valence-electron chi connectivity index (χ1n) is 7.15. The quantitative estimate of drug-likeness (QED) is 0.940. The number of nitrogens with zero attached hydrogens (tertiary/aromatic N) is 2. The minimum absolute atomic E-state index is 0.110. The van der Waals surface area contributed by atoms with E-state index < -0.39 is 5.82 Å². The van der Waals surface area contributed by atoms with Gasteiger partial charge in [-0.25, -0.2) is 4.39 Å². The highest BCUT2D eigenvalue weighted by Crippen LogP contribution is 2.33. The van der Waals surface area contributed by atoms with E-state index in [0.29, 0.717) is 17.3 Å². The lowest BCUT2D eigenvalue weighted by atomic mass is 9.94. The van der Waals surface area contributed by atoms with E-state index in [1.54, 1.807) is 12.1 Å². The van der Waals surface area contributed by atoms with E-state index in [4.69, 9.17) is 16.1 Å². The molecular weight excluding hydrogens is 293 g/mol. The molecule has 4 nitrogen and oxygen atoms in total. The van der Waals surface area contributed by atoms with Crippen LogP contribution in [0, 0.1) is 5.82 Å². The van der Waals surface area contributed by atoms with E-state index in [2.05, 4.69) is 22.4 Å². The number of aromatic nitrogens is 2. The molecule has 1 N–H and O–H groups in total. The van der Waals surface area contributed by atoms with Crippen LogP contribution in [0.1, 0.15) is 43.5 Å². The van der Waals surface area contributed by atoms with Gasteiger partial charge in [0.05, 0.1) is 10.6 Å². The summed E-state index contributed by atoms with van der Waals surface area (Å²) in [6, 6.07) is 4.92. The highest BCUT2D eigenvalue weighted by molar-refractivity contribution is 6.30. The van der Waals surface area contributed by atoms with E-state index in [1.165, 1.54) is 6.07 Å². The van der Waals surface area contributed by atoms with Gasteiger partial charge in [-0.1, -0.05) is 35.8 Å². The highest BCUT2D eigenvalue weighted by Gasteiger charge is 2.38. The van der Waals surface area contributed by atoms with Crippen LogP contribution in [0.25, 0.3) is 0 Å². The molecule has 1 aliphatic heterocycles. The largest absolute Gasteiger partial charge is 0.337 e. The topological polar surface area (TPSA) is 51.0 Å². The Hall–Kier alpha value is -1.46. The SMILES string of the molecule is CCC1(c2nc(Cc3cccc(Cl)c3F)no2)CCCN1. The molecule has 0 aliphatic carbocycles. The molecule has 0 radical (unpaired) electrons. The number of halogens is 2. The Balaban J connectivity index is 1.84. The summed E-state index contributed by atoms with van der Waals surface area (Å²) in [7, 11) is 0. The second-order valence-corrected chi connectivity index (χ2v) is 5.78. The molecule has 2 aromatic rings. The Bertz CT molecular complexity index is 638. The molecule has 2 heterocycles. The predicted octanol–water partition coefficient (Wildman–Crippen LogP) is 3.44. The Labute approximate surface area is 127 Å². The molecule has 1 unspecified atom stereocenters. The molecule has 1 aliphatic rings.